The number of carbonyl (C=O) groups is 2. The second kappa shape index (κ2) is 10.3. The Morgan fingerprint density at radius 2 is 1.77 bits per heavy atom. The van der Waals surface area contributed by atoms with Crippen LogP contribution in [0.2, 0.25) is 5.02 Å². The number of hydrogen-bond donors (Lipinski definition) is 1. The molecule has 0 spiro atoms. The van der Waals surface area contributed by atoms with Gasteiger partial charge in [0.05, 0.1) is 7.11 Å². The first kappa shape index (κ1) is 19.5. The standard InChI is InChI=1S/C20H20ClNO4/c1-25-18-9-4-15(5-10-18)6-11-20(24)26-14-19(23)22-13-12-16-2-7-17(21)8-3-16/h2-11H,12-14H2,1H3,(H,22,23)/b11-6+. The van der Waals surface area contributed by atoms with E-state index in [1.165, 1.54) is 6.08 Å². The van der Waals surface area contributed by atoms with Crippen molar-refractivity contribution in [1.82, 2.24) is 5.32 Å². The van der Waals surface area contributed by atoms with Gasteiger partial charge in [0, 0.05) is 17.6 Å². The number of esters is 1. The molecule has 0 saturated heterocycles. The molecule has 0 fully saturated rings. The Bertz CT molecular complexity index is 754. The van der Waals surface area contributed by atoms with Crippen LogP contribution in [-0.4, -0.2) is 32.1 Å². The first-order valence-corrected chi connectivity index (χ1v) is 8.44. The van der Waals surface area contributed by atoms with Crippen molar-refractivity contribution in [3.63, 3.8) is 0 Å². The lowest BCUT2D eigenvalue weighted by Crippen LogP contribution is -2.30. The predicted molar refractivity (Wildman–Crippen MR) is 101 cm³/mol. The van der Waals surface area contributed by atoms with Gasteiger partial charge >= 0.3 is 5.97 Å². The summed E-state index contributed by atoms with van der Waals surface area (Å²) in [5.74, 6) is -0.182. The zero-order chi connectivity index (χ0) is 18.8. The maximum absolute atomic E-state index is 11.7. The monoisotopic (exact) mass is 373 g/mol. The number of ether oxygens (including phenoxy) is 2. The van der Waals surface area contributed by atoms with Crippen LogP contribution in [0.4, 0.5) is 0 Å². The van der Waals surface area contributed by atoms with Gasteiger partial charge in [-0.05, 0) is 47.9 Å². The molecule has 0 bridgehead atoms. The summed E-state index contributed by atoms with van der Waals surface area (Å²) in [6, 6.07) is 14.6. The van der Waals surface area contributed by atoms with Crippen molar-refractivity contribution < 1.29 is 19.1 Å². The molecule has 2 aromatic carbocycles. The van der Waals surface area contributed by atoms with Crippen molar-refractivity contribution in [2.24, 2.45) is 0 Å². The molecule has 0 aromatic heterocycles. The topological polar surface area (TPSA) is 64.6 Å². The Balaban J connectivity index is 1.66. The SMILES string of the molecule is COc1ccc(/C=C/C(=O)OCC(=O)NCCc2ccc(Cl)cc2)cc1. The minimum Gasteiger partial charge on any atom is -0.497 e. The van der Waals surface area contributed by atoms with Gasteiger partial charge in [0.2, 0.25) is 0 Å². The Kier molecular flexibility index (Phi) is 7.71. The Labute approximate surface area is 157 Å². The Morgan fingerprint density at radius 3 is 2.42 bits per heavy atom. The van der Waals surface area contributed by atoms with Gasteiger partial charge in [-0.2, -0.15) is 0 Å². The van der Waals surface area contributed by atoms with Gasteiger partial charge in [0.15, 0.2) is 6.61 Å². The fraction of sp³-hybridized carbons (Fsp3) is 0.200. The van der Waals surface area contributed by atoms with Crippen LogP contribution in [-0.2, 0) is 20.7 Å². The van der Waals surface area contributed by atoms with E-state index in [4.69, 9.17) is 21.1 Å². The van der Waals surface area contributed by atoms with E-state index < -0.39 is 5.97 Å². The highest BCUT2D eigenvalue weighted by Crippen LogP contribution is 2.12. The molecule has 2 aromatic rings. The zero-order valence-electron chi connectivity index (χ0n) is 14.4. The molecule has 1 N–H and O–H groups in total. The van der Waals surface area contributed by atoms with Crippen LogP contribution in [0.5, 0.6) is 5.75 Å². The largest absolute Gasteiger partial charge is 0.497 e. The molecule has 136 valence electrons. The summed E-state index contributed by atoms with van der Waals surface area (Å²) in [6.45, 7) is 0.145. The van der Waals surface area contributed by atoms with Gasteiger partial charge in [-0.15, -0.1) is 0 Å². The first-order valence-electron chi connectivity index (χ1n) is 8.07. The number of amides is 1. The fourth-order valence-electron chi connectivity index (χ4n) is 2.11. The highest BCUT2D eigenvalue weighted by molar-refractivity contribution is 6.30. The van der Waals surface area contributed by atoms with E-state index in [1.54, 1.807) is 37.5 Å². The number of benzene rings is 2. The smallest absolute Gasteiger partial charge is 0.331 e. The molecule has 0 aliphatic rings. The summed E-state index contributed by atoms with van der Waals surface area (Å²) in [5.41, 5.74) is 1.89. The minimum absolute atomic E-state index is 0.313. The van der Waals surface area contributed by atoms with Crippen LogP contribution in [0, 0.1) is 0 Å². The molecule has 2 rings (SSSR count). The highest BCUT2D eigenvalue weighted by Gasteiger charge is 2.04. The van der Waals surface area contributed by atoms with E-state index >= 15 is 0 Å². The summed E-state index contributed by atoms with van der Waals surface area (Å²) in [5, 5.41) is 3.37. The van der Waals surface area contributed by atoms with Crippen LogP contribution >= 0.6 is 11.6 Å². The van der Waals surface area contributed by atoms with Gasteiger partial charge < -0.3 is 14.8 Å². The second-order valence-electron chi connectivity index (χ2n) is 5.44. The van der Waals surface area contributed by atoms with Crippen molar-refractivity contribution in [2.45, 2.75) is 6.42 Å². The maximum atomic E-state index is 11.7. The number of rotatable bonds is 8. The number of carbonyl (C=O) groups excluding carboxylic acids is 2. The number of nitrogens with one attached hydrogen (secondary N) is 1. The molecule has 0 saturated carbocycles. The fourth-order valence-corrected chi connectivity index (χ4v) is 2.24. The van der Waals surface area contributed by atoms with Crippen LogP contribution in [0.15, 0.2) is 54.6 Å². The first-order chi connectivity index (χ1) is 12.6. The quantitative estimate of drug-likeness (QED) is 0.569. The summed E-state index contributed by atoms with van der Waals surface area (Å²) >= 11 is 5.82. The van der Waals surface area contributed by atoms with E-state index in [9.17, 15) is 9.59 Å². The van der Waals surface area contributed by atoms with Gasteiger partial charge in [0.1, 0.15) is 5.75 Å². The average Bonchev–Trinajstić information content (AvgIpc) is 2.66. The molecule has 0 heterocycles. The molecular weight excluding hydrogens is 354 g/mol. The van der Waals surface area contributed by atoms with Crippen molar-refractivity contribution >= 4 is 29.6 Å². The van der Waals surface area contributed by atoms with E-state index in [1.807, 2.05) is 24.3 Å². The highest BCUT2D eigenvalue weighted by atomic mass is 35.5. The Hall–Kier alpha value is -2.79. The van der Waals surface area contributed by atoms with E-state index in [0.29, 0.717) is 18.0 Å². The molecule has 0 aliphatic carbocycles. The van der Waals surface area contributed by atoms with E-state index in [0.717, 1.165) is 16.9 Å². The van der Waals surface area contributed by atoms with Crippen LogP contribution in [0.25, 0.3) is 6.08 Å². The molecule has 0 atom stereocenters. The van der Waals surface area contributed by atoms with Crippen molar-refractivity contribution in [2.75, 3.05) is 20.3 Å². The molecule has 6 heteroatoms. The third-order valence-electron chi connectivity index (χ3n) is 3.52. The molecular formula is C20H20ClNO4. The molecule has 5 nitrogen and oxygen atoms in total. The van der Waals surface area contributed by atoms with Gasteiger partial charge in [0.25, 0.3) is 5.91 Å². The van der Waals surface area contributed by atoms with Crippen molar-refractivity contribution in [1.29, 1.82) is 0 Å². The average molecular weight is 374 g/mol. The third-order valence-corrected chi connectivity index (χ3v) is 3.77. The van der Waals surface area contributed by atoms with Crippen molar-refractivity contribution in [3.8, 4) is 5.75 Å². The number of halogens is 1. The molecule has 0 radical (unpaired) electrons. The van der Waals surface area contributed by atoms with E-state index in [2.05, 4.69) is 5.32 Å². The van der Waals surface area contributed by atoms with Gasteiger partial charge in [-0.25, -0.2) is 4.79 Å². The van der Waals surface area contributed by atoms with Crippen LogP contribution in [0.3, 0.4) is 0 Å². The number of methoxy groups -OCH3 is 1. The zero-order valence-corrected chi connectivity index (χ0v) is 15.2. The molecule has 0 aliphatic heterocycles. The summed E-state index contributed by atoms with van der Waals surface area (Å²) in [7, 11) is 1.59. The van der Waals surface area contributed by atoms with E-state index in [-0.39, 0.29) is 12.5 Å². The van der Waals surface area contributed by atoms with Crippen LogP contribution in [0.1, 0.15) is 11.1 Å². The predicted octanol–water partition coefficient (Wildman–Crippen LogP) is 3.26. The van der Waals surface area contributed by atoms with Crippen LogP contribution < -0.4 is 10.1 Å². The summed E-state index contributed by atoms with van der Waals surface area (Å²) in [4.78, 5) is 23.3. The van der Waals surface area contributed by atoms with Gasteiger partial charge in [-0.3, -0.25) is 4.79 Å². The summed E-state index contributed by atoms with van der Waals surface area (Å²) in [6.07, 6.45) is 3.57. The molecule has 0 unspecified atom stereocenters. The van der Waals surface area contributed by atoms with Gasteiger partial charge in [-0.1, -0.05) is 35.9 Å². The normalized spacial score (nSPS) is 10.5. The minimum atomic E-state index is -0.575. The molecule has 1 amide bonds. The lowest BCUT2D eigenvalue weighted by atomic mass is 10.1. The molecule has 26 heavy (non-hydrogen) atoms. The summed E-state index contributed by atoms with van der Waals surface area (Å²) < 4.78 is 9.97. The number of hydrogen-bond acceptors (Lipinski definition) is 4. The lowest BCUT2D eigenvalue weighted by Gasteiger charge is -2.06. The maximum Gasteiger partial charge on any atom is 0.331 e. The lowest BCUT2D eigenvalue weighted by molar-refractivity contribution is -0.143. The second-order valence-corrected chi connectivity index (χ2v) is 5.88. The van der Waals surface area contributed by atoms with Crippen molar-refractivity contribution in [3.05, 3.63) is 70.8 Å². The Morgan fingerprint density at radius 1 is 1.08 bits per heavy atom. The third kappa shape index (κ3) is 6.99.